The molecule has 0 radical (unpaired) electrons. The smallest absolute Gasteiger partial charge is 0.164 e. The van der Waals surface area contributed by atoms with E-state index in [1.165, 1.54) is 0 Å². The molecule has 0 spiro atoms. The number of hydrogen-bond donors (Lipinski definition) is 0. The van der Waals surface area contributed by atoms with Gasteiger partial charge in [-0.15, -0.1) is 0 Å². The molecular weight excluding hydrogens is 733 g/mol. The Morgan fingerprint density at radius 1 is 0.150 bits per heavy atom. The van der Waals surface area contributed by atoms with Gasteiger partial charge in [0, 0.05) is 33.4 Å². The van der Waals surface area contributed by atoms with Gasteiger partial charge in [0.2, 0.25) is 0 Å². The fourth-order valence-corrected chi connectivity index (χ4v) is 7.31. The average Bonchev–Trinajstić information content (AvgIpc) is 3.35. The quantitative estimate of drug-likeness (QED) is 0.145. The summed E-state index contributed by atoms with van der Waals surface area (Å²) in [6.45, 7) is 0. The summed E-state index contributed by atoms with van der Waals surface area (Å²) in [4.78, 5) is 29.6. The summed E-state index contributed by atoms with van der Waals surface area (Å²) in [6, 6.07) is 74.4. The fraction of sp³-hybridized carbons (Fsp3) is 0. The summed E-state index contributed by atoms with van der Waals surface area (Å²) in [7, 11) is 0. The van der Waals surface area contributed by atoms with Crippen molar-refractivity contribution in [3.05, 3.63) is 218 Å². The van der Waals surface area contributed by atoms with E-state index in [1.807, 2.05) is 121 Å². The first-order valence-corrected chi connectivity index (χ1v) is 19.9. The monoisotopic (exact) mass is 768 g/mol. The van der Waals surface area contributed by atoms with Crippen molar-refractivity contribution >= 4 is 0 Å². The first kappa shape index (κ1) is 36.1. The van der Waals surface area contributed by atoms with E-state index in [2.05, 4.69) is 97.1 Å². The molecule has 0 aliphatic heterocycles. The highest BCUT2D eigenvalue weighted by atomic mass is 15.0. The predicted octanol–water partition coefficient (Wildman–Crippen LogP) is 13.1. The van der Waals surface area contributed by atoms with E-state index >= 15 is 0 Å². The van der Waals surface area contributed by atoms with Crippen molar-refractivity contribution in [2.24, 2.45) is 0 Å². The number of nitrogens with zero attached hydrogens (tertiary/aromatic N) is 6. The molecule has 282 valence electrons. The molecule has 0 saturated heterocycles. The molecule has 60 heavy (non-hydrogen) atoms. The molecule has 2 aromatic heterocycles. The van der Waals surface area contributed by atoms with Crippen LogP contribution in [0.1, 0.15) is 0 Å². The molecule has 0 atom stereocenters. The van der Waals surface area contributed by atoms with E-state index in [1.54, 1.807) is 0 Å². The second-order valence-corrected chi connectivity index (χ2v) is 14.4. The Bertz CT molecular complexity index is 2750. The Hall–Kier alpha value is -8.22. The van der Waals surface area contributed by atoms with Gasteiger partial charge >= 0.3 is 0 Å². The maximum absolute atomic E-state index is 4.97. The van der Waals surface area contributed by atoms with Crippen molar-refractivity contribution in [3.63, 3.8) is 0 Å². The molecule has 0 unspecified atom stereocenters. The fourth-order valence-electron chi connectivity index (χ4n) is 7.31. The second kappa shape index (κ2) is 16.3. The second-order valence-electron chi connectivity index (χ2n) is 14.4. The van der Waals surface area contributed by atoms with Crippen LogP contribution in [0.5, 0.6) is 0 Å². The van der Waals surface area contributed by atoms with E-state index < -0.39 is 0 Å². The van der Waals surface area contributed by atoms with Crippen LogP contribution in [0.4, 0.5) is 0 Å². The van der Waals surface area contributed by atoms with Crippen LogP contribution in [0.3, 0.4) is 0 Å². The molecule has 2 heterocycles. The molecule has 0 saturated carbocycles. The molecule has 6 heteroatoms. The van der Waals surface area contributed by atoms with Crippen LogP contribution in [0.2, 0.25) is 0 Å². The Balaban J connectivity index is 0.975. The van der Waals surface area contributed by atoms with Crippen LogP contribution in [-0.2, 0) is 0 Å². The standard InChI is InChI=1S/C54H36N6/c1-5-17-37(18-6-1)49-55-50(38-19-7-2-8-20-38)58-53(57-49)47-31-15-29-45(35-47)43-27-13-25-41(33-43)42-26-14-28-44(34-42)46-30-16-32-48(36-46)54-59-51(39-21-9-3-10-22-39)56-52(60-54)40-23-11-4-12-24-40/h1-36H. The molecule has 10 aromatic rings. The van der Waals surface area contributed by atoms with Crippen molar-refractivity contribution in [1.29, 1.82) is 0 Å². The highest BCUT2D eigenvalue weighted by Gasteiger charge is 2.15. The lowest BCUT2D eigenvalue weighted by molar-refractivity contribution is 1.07. The van der Waals surface area contributed by atoms with Crippen LogP contribution >= 0.6 is 0 Å². The third-order valence-corrected chi connectivity index (χ3v) is 10.4. The molecule has 6 nitrogen and oxygen atoms in total. The van der Waals surface area contributed by atoms with Gasteiger partial charge in [-0.05, 0) is 57.6 Å². The maximum Gasteiger partial charge on any atom is 0.164 e. The number of benzene rings is 8. The lowest BCUT2D eigenvalue weighted by Gasteiger charge is -2.11. The number of rotatable bonds is 9. The zero-order valence-electron chi connectivity index (χ0n) is 32.5. The van der Waals surface area contributed by atoms with Crippen LogP contribution < -0.4 is 0 Å². The molecule has 0 amide bonds. The van der Waals surface area contributed by atoms with Crippen molar-refractivity contribution < 1.29 is 0 Å². The van der Waals surface area contributed by atoms with Crippen molar-refractivity contribution in [1.82, 2.24) is 29.9 Å². The van der Waals surface area contributed by atoms with Crippen molar-refractivity contribution in [2.45, 2.75) is 0 Å². The lowest BCUT2D eigenvalue weighted by atomic mass is 9.95. The normalized spacial score (nSPS) is 11.0. The van der Waals surface area contributed by atoms with E-state index in [9.17, 15) is 0 Å². The van der Waals surface area contributed by atoms with Crippen LogP contribution in [0.15, 0.2) is 218 Å². The Labute approximate surface area is 348 Å². The van der Waals surface area contributed by atoms with E-state index in [4.69, 9.17) is 29.9 Å². The predicted molar refractivity (Wildman–Crippen MR) is 242 cm³/mol. The minimum absolute atomic E-state index is 0.625. The molecule has 0 aliphatic carbocycles. The van der Waals surface area contributed by atoms with Crippen molar-refractivity contribution in [2.75, 3.05) is 0 Å². The summed E-state index contributed by atoms with van der Waals surface area (Å²) in [5.74, 6) is 3.80. The number of hydrogen-bond acceptors (Lipinski definition) is 6. The van der Waals surface area contributed by atoms with Crippen molar-refractivity contribution in [3.8, 4) is 102 Å². The first-order chi connectivity index (χ1) is 29.7. The van der Waals surface area contributed by atoms with Gasteiger partial charge in [0.1, 0.15) is 0 Å². The summed E-state index contributed by atoms with van der Waals surface area (Å²) in [5, 5.41) is 0. The molecule has 0 N–H and O–H groups in total. The van der Waals surface area contributed by atoms with E-state index in [0.29, 0.717) is 34.9 Å². The first-order valence-electron chi connectivity index (χ1n) is 19.9. The molecule has 0 fully saturated rings. The third-order valence-electron chi connectivity index (χ3n) is 10.4. The average molecular weight is 769 g/mol. The zero-order valence-corrected chi connectivity index (χ0v) is 32.5. The number of aromatic nitrogens is 6. The van der Waals surface area contributed by atoms with Crippen LogP contribution in [0.25, 0.3) is 102 Å². The van der Waals surface area contributed by atoms with Gasteiger partial charge in [-0.3, -0.25) is 0 Å². The molecular formula is C54H36N6. The Kier molecular flexibility index (Phi) is 9.84. The topological polar surface area (TPSA) is 77.3 Å². The van der Waals surface area contributed by atoms with Gasteiger partial charge in [0.25, 0.3) is 0 Å². The van der Waals surface area contributed by atoms with Gasteiger partial charge in [0.05, 0.1) is 0 Å². The van der Waals surface area contributed by atoms with Crippen LogP contribution in [0, 0.1) is 0 Å². The van der Waals surface area contributed by atoms with Gasteiger partial charge in [0.15, 0.2) is 34.9 Å². The van der Waals surface area contributed by atoms with Gasteiger partial charge in [-0.2, -0.15) is 0 Å². The van der Waals surface area contributed by atoms with E-state index in [0.717, 1.165) is 66.8 Å². The minimum atomic E-state index is 0.625. The van der Waals surface area contributed by atoms with Gasteiger partial charge in [-0.1, -0.05) is 194 Å². The zero-order chi connectivity index (χ0) is 40.1. The third kappa shape index (κ3) is 7.73. The largest absolute Gasteiger partial charge is 0.208 e. The Morgan fingerprint density at radius 2 is 0.317 bits per heavy atom. The molecule has 0 aliphatic rings. The lowest BCUT2D eigenvalue weighted by Crippen LogP contribution is -2.00. The highest BCUT2D eigenvalue weighted by molar-refractivity contribution is 5.80. The summed E-state index contributed by atoms with van der Waals surface area (Å²) >= 11 is 0. The highest BCUT2D eigenvalue weighted by Crippen LogP contribution is 2.34. The molecule has 0 bridgehead atoms. The maximum atomic E-state index is 4.97. The minimum Gasteiger partial charge on any atom is -0.208 e. The van der Waals surface area contributed by atoms with Gasteiger partial charge < -0.3 is 0 Å². The molecule has 8 aromatic carbocycles. The molecule has 10 rings (SSSR count). The summed E-state index contributed by atoms with van der Waals surface area (Å²) in [6.07, 6.45) is 0. The van der Waals surface area contributed by atoms with Gasteiger partial charge in [-0.25, -0.2) is 29.9 Å². The Morgan fingerprint density at radius 3 is 0.550 bits per heavy atom. The summed E-state index contributed by atoms with van der Waals surface area (Å²) < 4.78 is 0. The summed E-state index contributed by atoms with van der Waals surface area (Å²) in [5.41, 5.74) is 12.2. The SMILES string of the molecule is c1ccc(-c2nc(-c3ccccc3)nc(-c3cccc(-c4cccc(-c5cccc(-c6cccc(-c7nc(-c8ccccc8)nc(-c8ccccc8)n7)c6)c5)c4)c3)n2)cc1. The van der Waals surface area contributed by atoms with Crippen LogP contribution in [-0.4, -0.2) is 29.9 Å². The van der Waals surface area contributed by atoms with E-state index in [-0.39, 0.29) is 0 Å².